The van der Waals surface area contributed by atoms with Crippen LogP contribution in [0.4, 0.5) is 5.69 Å². The molecule has 0 radical (unpaired) electrons. The lowest BCUT2D eigenvalue weighted by molar-refractivity contribution is -0.134. The van der Waals surface area contributed by atoms with E-state index in [9.17, 15) is 14.4 Å². The Kier molecular flexibility index (Phi) is 9.86. The van der Waals surface area contributed by atoms with Crippen LogP contribution in [-0.4, -0.2) is 78.1 Å². The molecule has 0 fully saturated rings. The number of fused-ring (bicyclic) bond motifs is 9. The molecule has 236 valence electrons. The van der Waals surface area contributed by atoms with Gasteiger partial charge in [0.2, 0.25) is 5.91 Å². The molecule has 11 nitrogen and oxygen atoms in total. The van der Waals surface area contributed by atoms with Gasteiger partial charge in [0, 0.05) is 32.0 Å². The highest BCUT2D eigenvalue weighted by molar-refractivity contribution is 5.99. The average molecular weight is 616 g/mol. The van der Waals surface area contributed by atoms with Gasteiger partial charge in [-0.15, -0.1) is 0 Å². The molecular weight excluding hydrogens is 578 g/mol. The molecule has 1 atom stereocenters. The predicted molar refractivity (Wildman–Crippen MR) is 166 cm³/mol. The van der Waals surface area contributed by atoms with E-state index >= 15 is 0 Å². The fraction of sp³-hybridized carbons (Fsp3) is 0.353. The third-order valence-electron chi connectivity index (χ3n) is 7.76. The number of carboxylic acids is 1. The number of carboxylic acid groups (broad SMARTS) is 1. The highest BCUT2D eigenvalue weighted by atomic mass is 16.5. The molecule has 6 bridgehead atoms. The van der Waals surface area contributed by atoms with E-state index in [2.05, 4.69) is 17.4 Å². The minimum absolute atomic E-state index is 0.0742. The second kappa shape index (κ2) is 14.1. The molecule has 2 N–H and O–H groups in total. The van der Waals surface area contributed by atoms with Crippen molar-refractivity contribution in [3.8, 4) is 17.2 Å². The second-order valence-corrected chi connectivity index (χ2v) is 10.9. The Bertz CT molecular complexity index is 1590. The van der Waals surface area contributed by atoms with E-state index in [1.165, 1.54) is 0 Å². The van der Waals surface area contributed by atoms with Gasteiger partial charge >= 0.3 is 0 Å². The third kappa shape index (κ3) is 7.54. The van der Waals surface area contributed by atoms with E-state index in [1.54, 1.807) is 23.1 Å². The second-order valence-electron chi connectivity index (χ2n) is 10.9. The van der Waals surface area contributed by atoms with E-state index in [4.69, 9.17) is 24.1 Å². The Morgan fingerprint density at radius 2 is 1.71 bits per heavy atom. The summed E-state index contributed by atoms with van der Waals surface area (Å²) in [5.41, 5.74) is 4.29. The fourth-order valence-electron chi connectivity index (χ4n) is 5.72. The van der Waals surface area contributed by atoms with Crippen LogP contribution in [0.5, 0.6) is 17.2 Å². The van der Waals surface area contributed by atoms with Gasteiger partial charge in [0.1, 0.15) is 23.9 Å². The van der Waals surface area contributed by atoms with Gasteiger partial charge in [-0.1, -0.05) is 25.1 Å². The van der Waals surface area contributed by atoms with Crippen molar-refractivity contribution < 1.29 is 38.5 Å². The van der Waals surface area contributed by atoms with Gasteiger partial charge in [0.05, 0.1) is 24.9 Å². The first-order chi connectivity index (χ1) is 21.7. The Morgan fingerprint density at radius 1 is 0.933 bits per heavy atom. The molecular formula is C34H37N3O8. The summed E-state index contributed by atoms with van der Waals surface area (Å²) in [7, 11) is 0. The average Bonchev–Trinajstić information content (AvgIpc) is 3.03. The highest BCUT2D eigenvalue weighted by Crippen LogP contribution is 2.38. The monoisotopic (exact) mass is 615 g/mol. The number of hydrogen-bond donors (Lipinski definition) is 2. The Labute approximate surface area is 261 Å². The molecule has 0 spiro atoms. The zero-order valence-electron chi connectivity index (χ0n) is 25.4. The lowest BCUT2D eigenvalue weighted by atomic mass is 9.87. The molecule has 45 heavy (non-hydrogen) atoms. The molecule has 0 aliphatic carbocycles. The number of nitrogens with zero attached hydrogens (tertiary/aromatic N) is 2. The number of amides is 3. The summed E-state index contributed by atoms with van der Waals surface area (Å²) < 4.78 is 17.8. The summed E-state index contributed by atoms with van der Waals surface area (Å²) >= 11 is 0. The van der Waals surface area contributed by atoms with E-state index in [0.29, 0.717) is 62.7 Å². The molecule has 4 aliphatic rings. The Hall–Kier alpha value is -5.06. The highest BCUT2D eigenvalue weighted by Gasteiger charge is 2.32. The van der Waals surface area contributed by atoms with E-state index in [-0.39, 0.29) is 30.4 Å². The molecule has 4 aliphatic heterocycles. The molecule has 1 unspecified atom stereocenters. The van der Waals surface area contributed by atoms with E-state index in [1.807, 2.05) is 42.2 Å². The minimum atomic E-state index is -0.833. The number of aliphatic carboxylic acids is 1. The topological polar surface area (TPSA) is 135 Å². The maximum atomic E-state index is 13.6. The van der Waals surface area contributed by atoms with Crippen molar-refractivity contribution in [3.63, 3.8) is 0 Å². The van der Waals surface area contributed by atoms with Crippen LogP contribution in [0.25, 0.3) is 0 Å². The van der Waals surface area contributed by atoms with Crippen LogP contribution in [0.15, 0.2) is 60.7 Å². The molecule has 0 aromatic heterocycles. The molecule has 0 saturated heterocycles. The molecule has 4 heterocycles. The zero-order chi connectivity index (χ0) is 31.9. The van der Waals surface area contributed by atoms with Gasteiger partial charge < -0.3 is 34.4 Å². The summed E-state index contributed by atoms with van der Waals surface area (Å²) in [5.74, 6) is 0.890. The van der Waals surface area contributed by atoms with Crippen molar-refractivity contribution in [2.75, 3.05) is 44.8 Å². The first-order valence-corrected chi connectivity index (χ1v) is 15.1. The molecule has 3 amide bonds. The van der Waals surface area contributed by atoms with Crippen molar-refractivity contribution in [3.05, 3.63) is 82.9 Å². The number of carbonyl (C=O) groups excluding carboxylic acids is 3. The standard InChI is InChI=1S/C32H33N3O6.C2H4O2/c1-2-30(37)35-13-11-21-17-25-8-9-26(21)31(35)22-5-3-6-24(18-22)39-15-4-12-34(14-16-40-25)32(38)23-7-10-27-28(19-23)41-20-29(36)33-27;1-2(3)4/h3,5-10,17-19,31H,2,4,11-16,20H2,1H3,(H,33,36);1H3,(H,3,4). The van der Waals surface area contributed by atoms with Crippen LogP contribution in [0.1, 0.15) is 59.8 Å². The number of hydrogen-bond acceptors (Lipinski definition) is 7. The number of benzene rings is 3. The largest absolute Gasteiger partial charge is 0.494 e. The number of anilines is 1. The van der Waals surface area contributed by atoms with Gasteiger partial charge in [-0.25, -0.2) is 0 Å². The number of rotatable bonds is 2. The van der Waals surface area contributed by atoms with Crippen molar-refractivity contribution >= 4 is 29.4 Å². The van der Waals surface area contributed by atoms with E-state index in [0.717, 1.165) is 41.5 Å². The van der Waals surface area contributed by atoms with Crippen LogP contribution in [-0.2, 0) is 20.8 Å². The van der Waals surface area contributed by atoms with Gasteiger partial charge in [-0.2, -0.15) is 0 Å². The number of ether oxygens (including phenoxy) is 3. The first-order valence-electron chi connectivity index (χ1n) is 15.1. The van der Waals surface area contributed by atoms with Crippen molar-refractivity contribution in [1.82, 2.24) is 9.80 Å². The number of carbonyl (C=O) groups is 4. The summed E-state index contributed by atoms with van der Waals surface area (Å²) in [5, 5.41) is 10.2. The molecule has 7 rings (SSSR count). The summed E-state index contributed by atoms with van der Waals surface area (Å²) in [6, 6.07) is 18.9. The van der Waals surface area contributed by atoms with Crippen LogP contribution in [0.3, 0.4) is 0 Å². The van der Waals surface area contributed by atoms with Crippen LogP contribution in [0, 0.1) is 0 Å². The summed E-state index contributed by atoms with van der Waals surface area (Å²) in [6.45, 7) is 5.16. The maximum Gasteiger partial charge on any atom is 0.300 e. The fourth-order valence-corrected chi connectivity index (χ4v) is 5.72. The summed E-state index contributed by atoms with van der Waals surface area (Å²) in [6.07, 6.45) is 1.82. The Balaban J connectivity index is 0.000000945. The predicted octanol–water partition coefficient (Wildman–Crippen LogP) is 4.30. The van der Waals surface area contributed by atoms with Crippen molar-refractivity contribution in [2.45, 2.75) is 39.2 Å². The molecule has 3 aromatic rings. The molecule has 3 aromatic carbocycles. The lowest BCUT2D eigenvalue weighted by Crippen LogP contribution is -2.40. The van der Waals surface area contributed by atoms with Crippen molar-refractivity contribution in [2.24, 2.45) is 0 Å². The van der Waals surface area contributed by atoms with Gasteiger partial charge in [-0.05, 0) is 72.0 Å². The smallest absolute Gasteiger partial charge is 0.300 e. The van der Waals surface area contributed by atoms with E-state index < -0.39 is 5.97 Å². The molecule has 11 heteroatoms. The minimum Gasteiger partial charge on any atom is -0.494 e. The van der Waals surface area contributed by atoms with Gasteiger partial charge in [0.25, 0.3) is 17.8 Å². The van der Waals surface area contributed by atoms with Crippen LogP contribution in [0.2, 0.25) is 0 Å². The van der Waals surface area contributed by atoms with Crippen LogP contribution < -0.4 is 19.5 Å². The molecule has 0 saturated carbocycles. The Morgan fingerprint density at radius 3 is 2.51 bits per heavy atom. The van der Waals surface area contributed by atoms with Crippen molar-refractivity contribution in [1.29, 1.82) is 0 Å². The van der Waals surface area contributed by atoms with Gasteiger partial charge in [0.15, 0.2) is 6.61 Å². The zero-order valence-corrected chi connectivity index (χ0v) is 25.4. The van der Waals surface area contributed by atoms with Crippen LogP contribution >= 0.6 is 0 Å². The first kappa shape index (κ1) is 31.4. The lowest BCUT2D eigenvalue weighted by Gasteiger charge is -2.38. The summed E-state index contributed by atoms with van der Waals surface area (Å²) in [4.78, 5) is 50.8. The quantitative estimate of drug-likeness (QED) is 0.436. The third-order valence-corrected chi connectivity index (χ3v) is 7.76. The van der Waals surface area contributed by atoms with Gasteiger partial charge in [-0.3, -0.25) is 19.2 Å². The number of nitrogens with one attached hydrogen (secondary N) is 1. The maximum absolute atomic E-state index is 13.6. The normalized spacial score (nSPS) is 17.3. The SMILES string of the molecule is CC(=O)O.CCC(=O)N1CCc2cc3ccc2C1c1cccc(c1)OCCCN(C(=O)c1ccc2c(c1)OCC(=O)N2)CCO3.